The molecule has 0 aromatic carbocycles. The first kappa shape index (κ1) is 12.8. The van der Waals surface area contributed by atoms with Gasteiger partial charge in [0.15, 0.2) is 10.8 Å². The number of carboxylic acid groups (broad SMARTS) is 1. The van der Waals surface area contributed by atoms with Crippen LogP contribution in [0.5, 0.6) is 0 Å². The summed E-state index contributed by atoms with van der Waals surface area (Å²) in [7, 11) is 0. The van der Waals surface area contributed by atoms with Crippen molar-refractivity contribution < 1.29 is 9.90 Å². The number of fused-ring (bicyclic) bond motifs is 1. The SMILES string of the molecule is O=C(O)c1cn(-c2nccs2)c2nc(Cl)ccc2c1=O. The second-order valence-corrected chi connectivity index (χ2v) is 5.13. The Morgan fingerprint density at radius 2 is 2.20 bits per heavy atom. The third kappa shape index (κ3) is 1.97. The molecule has 20 heavy (non-hydrogen) atoms. The maximum absolute atomic E-state index is 12.1. The number of thiazole rings is 1. The maximum Gasteiger partial charge on any atom is 0.341 e. The second-order valence-electron chi connectivity index (χ2n) is 3.87. The molecule has 0 aliphatic heterocycles. The first-order valence-electron chi connectivity index (χ1n) is 5.43. The van der Waals surface area contributed by atoms with E-state index in [4.69, 9.17) is 16.7 Å². The Labute approximate surface area is 120 Å². The Morgan fingerprint density at radius 3 is 2.85 bits per heavy atom. The summed E-state index contributed by atoms with van der Waals surface area (Å²) in [6, 6.07) is 2.91. The van der Waals surface area contributed by atoms with E-state index in [1.54, 1.807) is 11.6 Å². The van der Waals surface area contributed by atoms with Crippen molar-refractivity contribution in [2.75, 3.05) is 0 Å². The van der Waals surface area contributed by atoms with Crippen LogP contribution in [0.2, 0.25) is 5.15 Å². The molecule has 6 nitrogen and oxygen atoms in total. The second kappa shape index (κ2) is 4.69. The third-order valence-electron chi connectivity index (χ3n) is 2.67. The van der Waals surface area contributed by atoms with E-state index in [-0.39, 0.29) is 21.7 Å². The Balaban J connectivity index is 2.49. The minimum Gasteiger partial charge on any atom is -0.477 e. The van der Waals surface area contributed by atoms with Crippen LogP contribution in [0, 0.1) is 0 Å². The summed E-state index contributed by atoms with van der Waals surface area (Å²) in [5.41, 5.74) is -0.649. The van der Waals surface area contributed by atoms with Crippen LogP contribution in [0.4, 0.5) is 0 Å². The van der Waals surface area contributed by atoms with Crippen molar-refractivity contribution in [3.63, 3.8) is 0 Å². The summed E-state index contributed by atoms with van der Waals surface area (Å²) in [5, 5.41) is 11.8. The number of hydrogen-bond acceptors (Lipinski definition) is 5. The predicted octanol–water partition coefficient (Wildman–Crippen LogP) is 2.19. The van der Waals surface area contributed by atoms with Gasteiger partial charge in [-0.05, 0) is 12.1 Å². The van der Waals surface area contributed by atoms with E-state index < -0.39 is 11.4 Å². The van der Waals surface area contributed by atoms with E-state index in [0.717, 1.165) is 0 Å². The van der Waals surface area contributed by atoms with Crippen molar-refractivity contribution in [3.8, 4) is 5.13 Å². The van der Waals surface area contributed by atoms with Crippen LogP contribution in [0.3, 0.4) is 0 Å². The largest absolute Gasteiger partial charge is 0.477 e. The number of hydrogen-bond donors (Lipinski definition) is 1. The summed E-state index contributed by atoms with van der Waals surface area (Å²) in [6.07, 6.45) is 2.80. The lowest BCUT2D eigenvalue weighted by molar-refractivity contribution is 0.0695. The summed E-state index contributed by atoms with van der Waals surface area (Å²) < 4.78 is 1.46. The summed E-state index contributed by atoms with van der Waals surface area (Å²) in [6.45, 7) is 0. The highest BCUT2D eigenvalue weighted by atomic mass is 35.5. The molecule has 0 radical (unpaired) electrons. The zero-order chi connectivity index (χ0) is 14.3. The fraction of sp³-hybridized carbons (Fsp3) is 0. The van der Waals surface area contributed by atoms with Gasteiger partial charge in [-0.2, -0.15) is 0 Å². The molecule has 3 aromatic heterocycles. The van der Waals surface area contributed by atoms with Gasteiger partial charge in [0.2, 0.25) is 5.43 Å². The molecule has 3 aromatic rings. The molecule has 0 fully saturated rings. The van der Waals surface area contributed by atoms with Crippen molar-refractivity contribution in [2.24, 2.45) is 0 Å². The number of carboxylic acids is 1. The molecule has 0 unspecified atom stereocenters. The van der Waals surface area contributed by atoms with Crippen LogP contribution in [0.25, 0.3) is 16.2 Å². The first-order chi connectivity index (χ1) is 9.58. The molecular weight excluding hydrogens is 302 g/mol. The summed E-state index contributed by atoms with van der Waals surface area (Å²) in [4.78, 5) is 31.5. The molecule has 0 bridgehead atoms. The number of carbonyl (C=O) groups is 1. The molecule has 100 valence electrons. The van der Waals surface area contributed by atoms with E-state index in [1.165, 1.54) is 34.2 Å². The quantitative estimate of drug-likeness (QED) is 0.734. The number of aromatic nitrogens is 3. The predicted molar refractivity (Wildman–Crippen MR) is 75.0 cm³/mol. The van der Waals surface area contributed by atoms with Crippen LogP contribution < -0.4 is 5.43 Å². The standard InChI is InChI=1S/C12H6ClN3O3S/c13-8-2-1-6-9(17)7(11(18)19)5-16(10(6)15-8)12-14-3-4-20-12/h1-5H,(H,18,19). The summed E-state index contributed by atoms with van der Waals surface area (Å²) in [5.74, 6) is -1.29. The van der Waals surface area contributed by atoms with E-state index in [9.17, 15) is 9.59 Å². The van der Waals surface area contributed by atoms with Gasteiger partial charge in [-0.3, -0.25) is 9.36 Å². The topological polar surface area (TPSA) is 85.1 Å². The molecule has 0 saturated carbocycles. The smallest absolute Gasteiger partial charge is 0.341 e. The lowest BCUT2D eigenvalue weighted by Gasteiger charge is -2.08. The van der Waals surface area contributed by atoms with E-state index in [0.29, 0.717) is 5.13 Å². The van der Waals surface area contributed by atoms with Crippen LogP contribution >= 0.6 is 22.9 Å². The Bertz CT molecular complexity index is 874. The van der Waals surface area contributed by atoms with Gasteiger partial charge in [-0.15, -0.1) is 11.3 Å². The van der Waals surface area contributed by atoms with Gasteiger partial charge in [-0.1, -0.05) is 11.6 Å². The highest BCUT2D eigenvalue weighted by Gasteiger charge is 2.17. The van der Waals surface area contributed by atoms with Gasteiger partial charge in [0, 0.05) is 17.8 Å². The Morgan fingerprint density at radius 1 is 1.40 bits per heavy atom. The lowest BCUT2D eigenvalue weighted by Crippen LogP contribution is -2.19. The van der Waals surface area contributed by atoms with Crippen LogP contribution in [0.1, 0.15) is 10.4 Å². The molecule has 0 saturated heterocycles. The first-order valence-corrected chi connectivity index (χ1v) is 6.69. The van der Waals surface area contributed by atoms with Crippen molar-refractivity contribution in [3.05, 3.63) is 50.8 Å². The molecule has 3 heterocycles. The van der Waals surface area contributed by atoms with Crippen LogP contribution in [-0.2, 0) is 0 Å². The number of nitrogens with zero attached hydrogens (tertiary/aromatic N) is 3. The molecular formula is C12H6ClN3O3S. The molecule has 0 spiro atoms. The highest BCUT2D eigenvalue weighted by Crippen LogP contribution is 2.19. The van der Waals surface area contributed by atoms with Crippen molar-refractivity contribution in [1.82, 2.24) is 14.5 Å². The van der Waals surface area contributed by atoms with Crippen molar-refractivity contribution >= 4 is 39.9 Å². The van der Waals surface area contributed by atoms with Gasteiger partial charge in [-0.25, -0.2) is 14.8 Å². The third-order valence-corrected chi connectivity index (χ3v) is 3.65. The molecule has 0 atom stereocenters. The average molecular weight is 308 g/mol. The highest BCUT2D eigenvalue weighted by molar-refractivity contribution is 7.12. The van der Waals surface area contributed by atoms with Crippen LogP contribution in [-0.4, -0.2) is 25.6 Å². The van der Waals surface area contributed by atoms with Gasteiger partial charge in [0.1, 0.15) is 10.7 Å². The van der Waals surface area contributed by atoms with Gasteiger partial charge in [0.25, 0.3) is 0 Å². The van der Waals surface area contributed by atoms with Gasteiger partial charge < -0.3 is 5.11 Å². The molecule has 0 amide bonds. The van der Waals surface area contributed by atoms with Gasteiger partial charge in [0.05, 0.1) is 5.39 Å². The lowest BCUT2D eigenvalue weighted by atomic mass is 10.2. The zero-order valence-electron chi connectivity index (χ0n) is 9.78. The average Bonchev–Trinajstić information content (AvgIpc) is 2.92. The fourth-order valence-electron chi connectivity index (χ4n) is 1.81. The Kier molecular flexibility index (Phi) is 3.00. The molecule has 3 rings (SSSR count). The summed E-state index contributed by atoms with van der Waals surface area (Å²) >= 11 is 7.14. The van der Waals surface area contributed by atoms with E-state index in [1.807, 2.05) is 0 Å². The minimum absolute atomic E-state index is 0.185. The van der Waals surface area contributed by atoms with E-state index in [2.05, 4.69) is 9.97 Å². The monoisotopic (exact) mass is 307 g/mol. The molecule has 0 aliphatic rings. The number of pyridine rings is 2. The van der Waals surface area contributed by atoms with Crippen molar-refractivity contribution in [1.29, 1.82) is 0 Å². The fourth-order valence-corrected chi connectivity index (χ4v) is 2.57. The van der Waals surface area contributed by atoms with Gasteiger partial charge >= 0.3 is 5.97 Å². The number of halogens is 1. The van der Waals surface area contributed by atoms with E-state index >= 15 is 0 Å². The maximum atomic E-state index is 12.1. The molecule has 1 N–H and O–H groups in total. The zero-order valence-corrected chi connectivity index (χ0v) is 11.4. The minimum atomic E-state index is -1.29. The van der Waals surface area contributed by atoms with Crippen molar-refractivity contribution in [2.45, 2.75) is 0 Å². The molecule has 0 aliphatic carbocycles. The normalized spacial score (nSPS) is 10.8. The number of rotatable bonds is 2. The Hall–Kier alpha value is -2.25. The molecule has 8 heteroatoms. The number of aromatic carboxylic acids is 1. The van der Waals surface area contributed by atoms with Crippen LogP contribution in [0.15, 0.2) is 34.7 Å².